The second-order valence-corrected chi connectivity index (χ2v) is 2.93. The summed E-state index contributed by atoms with van der Waals surface area (Å²) in [4.78, 5) is 4.21. The van der Waals surface area contributed by atoms with E-state index in [2.05, 4.69) is 17.1 Å². The summed E-state index contributed by atoms with van der Waals surface area (Å²) in [5.41, 5.74) is 7.74. The highest BCUT2D eigenvalue weighted by molar-refractivity contribution is 5.80. The SMILES string of the molecule is CC.Cc1ccc2ccc(N)nc2c1. The number of hydrogen-bond donors (Lipinski definition) is 1. The van der Waals surface area contributed by atoms with E-state index in [1.165, 1.54) is 5.56 Å². The second-order valence-electron chi connectivity index (χ2n) is 2.93. The third-order valence-corrected chi connectivity index (χ3v) is 1.87. The van der Waals surface area contributed by atoms with E-state index in [9.17, 15) is 0 Å². The van der Waals surface area contributed by atoms with E-state index >= 15 is 0 Å². The molecule has 0 fully saturated rings. The summed E-state index contributed by atoms with van der Waals surface area (Å²) in [6.45, 7) is 6.05. The summed E-state index contributed by atoms with van der Waals surface area (Å²) in [6.07, 6.45) is 0. The molecule has 0 saturated carbocycles. The molecular formula is C12H16N2. The normalized spacial score (nSPS) is 9.36. The lowest BCUT2D eigenvalue weighted by atomic mass is 10.1. The van der Waals surface area contributed by atoms with Gasteiger partial charge in [-0.15, -0.1) is 0 Å². The van der Waals surface area contributed by atoms with Crippen LogP contribution in [0.4, 0.5) is 5.82 Å². The number of nitrogens with two attached hydrogens (primary N) is 1. The Labute approximate surface area is 84.8 Å². The number of nitrogens with zero attached hydrogens (tertiary/aromatic N) is 1. The van der Waals surface area contributed by atoms with E-state index in [0.717, 1.165) is 10.9 Å². The molecule has 14 heavy (non-hydrogen) atoms. The minimum atomic E-state index is 0.577. The molecule has 0 atom stereocenters. The van der Waals surface area contributed by atoms with Gasteiger partial charge in [0, 0.05) is 5.39 Å². The number of benzene rings is 1. The van der Waals surface area contributed by atoms with E-state index in [0.29, 0.717) is 5.82 Å². The summed E-state index contributed by atoms with van der Waals surface area (Å²) in [5, 5.41) is 1.13. The average molecular weight is 188 g/mol. The van der Waals surface area contributed by atoms with Crippen LogP contribution in [0.2, 0.25) is 0 Å². The predicted octanol–water partition coefficient (Wildman–Crippen LogP) is 3.15. The van der Waals surface area contributed by atoms with Crippen molar-refractivity contribution in [3.8, 4) is 0 Å². The second kappa shape index (κ2) is 4.61. The summed E-state index contributed by atoms with van der Waals surface area (Å²) in [5.74, 6) is 0.577. The predicted molar refractivity (Wildman–Crippen MR) is 62.2 cm³/mol. The van der Waals surface area contributed by atoms with Gasteiger partial charge in [-0.3, -0.25) is 0 Å². The first-order chi connectivity index (χ1) is 6.75. The minimum Gasteiger partial charge on any atom is -0.384 e. The highest BCUT2D eigenvalue weighted by Gasteiger charge is 1.94. The number of fused-ring (bicyclic) bond motifs is 1. The Hall–Kier alpha value is -1.57. The topological polar surface area (TPSA) is 38.9 Å². The summed E-state index contributed by atoms with van der Waals surface area (Å²) < 4.78 is 0. The van der Waals surface area contributed by atoms with Crippen molar-refractivity contribution in [2.24, 2.45) is 0 Å². The first kappa shape index (κ1) is 10.5. The lowest BCUT2D eigenvalue weighted by Gasteiger charge is -1.98. The first-order valence-corrected chi connectivity index (χ1v) is 4.88. The van der Waals surface area contributed by atoms with Crippen LogP contribution in [0.25, 0.3) is 10.9 Å². The fraction of sp³-hybridized carbons (Fsp3) is 0.250. The van der Waals surface area contributed by atoms with Crippen LogP contribution in [-0.2, 0) is 0 Å². The highest BCUT2D eigenvalue weighted by Crippen LogP contribution is 2.14. The van der Waals surface area contributed by atoms with Crippen LogP contribution in [0.3, 0.4) is 0 Å². The Morgan fingerprint density at radius 1 is 1.07 bits per heavy atom. The molecular weight excluding hydrogens is 172 g/mol. The maximum Gasteiger partial charge on any atom is 0.124 e. The fourth-order valence-corrected chi connectivity index (χ4v) is 1.24. The standard InChI is InChI=1S/C10H10N2.C2H6/c1-7-2-3-8-4-5-10(11)12-9(8)6-7;1-2/h2-6H,1H3,(H2,11,12);1-2H3. The third-order valence-electron chi connectivity index (χ3n) is 1.87. The molecule has 0 aliphatic heterocycles. The van der Waals surface area contributed by atoms with Gasteiger partial charge in [0.2, 0.25) is 0 Å². The fourth-order valence-electron chi connectivity index (χ4n) is 1.24. The van der Waals surface area contributed by atoms with Gasteiger partial charge in [-0.05, 0) is 30.7 Å². The van der Waals surface area contributed by atoms with Gasteiger partial charge in [0.1, 0.15) is 5.82 Å². The Bertz CT molecular complexity index is 385. The van der Waals surface area contributed by atoms with E-state index < -0.39 is 0 Å². The molecule has 2 rings (SSSR count). The monoisotopic (exact) mass is 188 g/mol. The summed E-state index contributed by atoms with van der Waals surface area (Å²) >= 11 is 0. The maximum atomic E-state index is 5.56. The molecule has 0 unspecified atom stereocenters. The lowest BCUT2D eigenvalue weighted by Crippen LogP contribution is -1.89. The lowest BCUT2D eigenvalue weighted by molar-refractivity contribution is 1.39. The summed E-state index contributed by atoms with van der Waals surface area (Å²) in [7, 11) is 0. The highest BCUT2D eigenvalue weighted by atomic mass is 14.8. The molecule has 0 amide bonds. The molecule has 0 aliphatic rings. The number of rotatable bonds is 0. The van der Waals surface area contributed by atoms with Crippen LogP contribution in [0.1, 0.15) is 19.4 Å². The molecule has 2 aromatic rings. The van der Waals surface area contributed by atoms with Crippen molar-refractivity contribution >= 4 is 16.7 Å². The van der Waals surface area contributed by atoms with Crippen LogP contribution in [-0.4, -0.2) is 4.98 Å². The van der Waals surface area contributed by atoms with Crippen LogP contribution in [0.15, 0.2) is 30.3 Å². The van der Waals surface area contributed by atoms with Crippen molar-refractivity contribution in [3.63, 3.8) is 0 Å². The zero-order valence-electron chi connectivity index (χ0n) is 8.91. The zero-order chi connectivity index (χ0) is 10.6. The molecule has 0 bridgehead atoms. The van der Waals surface area contributed by atoms with E-state index in [4.69, 9.17) is 5.73 Å². The number of nitrogen functional groups attached to an aromatic ring is 1. The quantitative estimate of drug-likeness (QED) is 0.689. The van der Waals surface area contributed by atoms with Crippen LogP contribution >= 0.6 is 0 Å². The van der Waals surface area contributed by atoms with Crippen molar-refractivity contribution in [1.29, 1.82) is 0 Å². The van der Waals surface area contributed by atoms with E-state index in [1.54, 1.807) is 0 Å². The molecule has 0 saturated heterocycles. The molecule has 1 aromatic heterocycles. The number of aromatic nitrogens is 1. The maximum absolute atomic E-state index is 5.56. The Morgan fingerprint density at radius 3 is 2.43 bits per heavy atom. The van der Waals surface area contributed by atoms with Crippen LogP contribution in [0, 0.1) is 6.92 Å². The molecule has 0 radical (unpaired) electrons. The van der Waals surface area contributed by atoms with Crippen molar-refractivity contribution in [1.82, 2.24) is 4.98 Å². The van der Waals surface area contributed by atoms with Gasteiger partial charge in [0.15, 0.2) is 0 Å². The minimum absolute atomic E-state index is 0.577. The van der Waals surface area contributed by atoms with Gasteiger partial charge in [0.05, 0.1) is 5.52 Å². The molecule has 1 aromatic carbocycles. The number of aryl methyl sites for hydroxylation is 1. The smallest absolute Gasteiger partial charge is 0.124 e. The van der Waals surface area contributed by atoms with Gasteiger partial charge >= 0.3 is 0 Å². The molecule has 1 heterocycles. The van der Waals surface area contributed by atoms with Crippen LogP contribution < -0.4 is 5.73 Å². The van der Waals surface area contributed by atoms with Gasteiger partial charge in [0.25, 0.3) is 0 Å². The van der Waals surface area contributed by atoms with Crippen molar-refractivity contribution < 1.29 is 0 Å². The zero-order valence-corrected chi connectivity index (χ0v) is 8.91. The van der Waals surface area contributed by atoms with Crippen LogP contribution in [0.5, 0.6) is 0 Å². The molecule has 2 nitrogen and oxygen atoms in total. The van der Waals surface area contributed by atoms with Crippen molar-refractivity contribution in [2.75, 3.05) is 5.73 Å². The van der Waals surface area contributed by atoms with Gasteiger partial charge < -0.3 is 5.73 Å². The van der Waals surface area contributed by atoms with E-state index in [1.807, 2.05) is 39.0 Å². The third kappa shape index (κ3) is 2.22. The molecule has 2 N–H and O–H groups in total. The Morgan fingerprint density at radius 2 is 1.71 bits per heavy atom. The van der Waals surface area contributed by atoms with Gasteiger partial charge in [-0.1, -0.05) is 26.0 Å². The molecule has 0 aliphatic carbocycles. The van der Waals surface area contributed by atoms with Crippen molar-refractivity contribution in [2.45, 2.75) is 20.8 Å². The van der Waals surface area contributed by atoms with Gasteiger partial charge in [-0.25, -0.2) is 4.98 Å². The van der Waals surface area contributed by atoms with E-state index in [-0.39, 0.29) is 0 Å². The number of pyridine rings is 1. The largest absolute Gasteiger partial charge is 0.384 e. The molecule has 0 spiro atoms. The average Bonchev–Trinajstić information content (AvgIpc) is 2.20. The number of hydrogen-bond acceptors (Lipinski definition) is 2. The van der Waals surface area contributed by atoms with Crippen molar-refractivity contribution in [3.05, 3.63) is 35.9 Å². The summed E-state index contributed by atoms with van der Waals surface area (Å²) in [6, 6.07) is 9.96. The Balaban J connectivity index is 0.000000461. The molecule has 2 heteroatoms. The first-order valence-electron chi connectivity index (χ1n) is 4.88. The number of anilines is 1. The van der Waals surface area contributed by atoms with Gasteiger partial charge in [-0.2, -0.15) is 0 Å². The molecule has 74 valence electrons. The Kier molecular flexibility index (Phi) is 3.46.